The van der Waals surface area contributed by atoms with Crippen LogP contribution in [0.25, 0.3) is 0 Å². The highest BCUT2D eigenvalue weighted by Crippen LogP contribution is 2.27. The lowest BCUT2D eigenvalue weighted by atomic mass is 9.88. The Morgan fingerprint density at radius 2 is 1.95 bits per heavy atom. The lowest BCUT2D eigenvalue weighted by molar-refractivity contribution is 0.0550. The number of benzene rings is 2. The third kappa shape index (κ3) is 2.90. The van der Waals surface area contributed by atoms with Gasteiger partial charge in [-0.1, -0.05) is 18.2 Å². The highest BCUT2D eigenvalue weighted by molar-refractivity contribution is 6.02. The molecule has 21 heavy (non-hydrogen) atoms. The van der Waals surface area contributed by atoms with Gasteiger partial charge in [0.2, 0.25) is 0 Å². The van der Waals surface area contributed by atoms with E-state index in [0.717, 1.165) is 29.0 Å². The van der Waals surface area contributed by atoms with Crippen molar-refractivity contribution in [2.24, 2.45) is 0 Å². The van der Waals surface area contributed by atoms with Crippen molar-refractivity contribution in [3.8, 4) is 5.75 Å². The predicted octanol–water partition coefficient (Wildman–Crippen LogP) is 3.24. The molecule has 0 aliphatic heterocycles. The monoisotopic (exact) mass is 283 g/mol. The van der Waals surface area contributed by atoms with Crippen LogP contribution in [0, 0.1) is 0 Å². The fourth-order valence-corrected chi connectivity index (χ4v) is 2.49. The number of anilines is 1. The highest BCUT2D eigenvalue weighted by Gasteiger charge is 2.28. The largest absolute Gasteiger partial charge is 0.497 e. The second-order valence-electron chi connectivity index (χ2n) is 5.00. The Morgan fingerprint density at radius 3 is 2.71 bits per heavy atom. The maximum absolute atomic E-state index is 12.4. The van der Waals surface area contributed by atoms with Crippen LogP contribution < -0.4 is 10.2 Å². The van der Waals surface area contributed by atoms with E-state index in [-0.39, 0.29) is 5.78 Å². The molecule has 3 rings (SSSR count). The summed E-state index contributed by atoms with van der Waals surface area (Å²) in [5.74, 6) is 0.797. The fraction of sp³-hybridized carbons (Fsp3) is 0.235. The molecule has 0 fully saturated rings. The Labute approximate surface area is 123 Å². The predicted molar refractivity (Wildman–Crippen MR) is 80.6 cm³/mol. The van der Waals surface area contributed by atoms with Gasteiger partial charge in [0, 0.05) is 5.56 Å². The van der Waals surface area contributed by atoms with Gasteiger partial charge in [-0.05, 0) is 48.7 Å². The molecular formula is C17H17NO3. The van der Waals surface area contributed by atoms with Crippen LogP contribution in [-0.2, 0) is 11.3 Å². The number of para-hydroxylation sites is 1. The third-order valence-electron chi connectivity index (χ3n) is 3.64. The first kappa shape index (κ1) is 13.6. The van der Waals surface area contributed by atoms with Crippen LogP contribution in [-0.4, -0.2) is 19.0 Å². The van der Waals surface area contributed by atoms with Crippen LogP contribution >= 0.6 is 0 Å². The number of Topliss-reactive ketones (excluding diaryl/α,β-unsaturated/α-hetero) is 1. The van der Waals surface area contributed by atoms with E-state index in [4.69, 9.17) is 9.57 Å². The lowest BCUT2D eigenvalue weighted by Gasteiger charge is -2.23. The van der Waals surface area contributed by atoms with Crippen molar-refractivity contribution in [2.45, 2.75) is 18.9 Å². The zero-order chi connectivity index (χ0) is 14.7. The van der Waals surface area contributed by atoms with Gasteiger partial charge in [0.25, 0.3) is 0 Å². The minimum Gasteiger partial charge on any atom is -0.497 e. The first-order valence-corrected chi connectivity index (χ1v) is 6.96. The van der Waals surface area contributed by atoms with Gasteiger partial charge in [-0.2, -0.15) is 0 Å². The maximum atomic E-state index is 12.4. The maximum Gasteiger partial charge on any atom is 0.194 e. The molecule has 0 saturated heterocycles. The Bertz CT molecular complexity index is 640. The van der Waals surface area contributed by atoms with Gasteiger partial charge in [0.05, 0.1) is 12.8 Å². The first-order chi connectivity index (χ1) is 10.3. The fourth-order valence-electron chi connectivity index (χ4n) is 2.49. The Balaban J connectivity index is 1.70. The van der Waals surface area contributed by atoms with Gasteiger partial charge in [-0.3, -0.25) is 15.1 Å². The van der Waals surface area contributed by atoms with Crippen molar-refractivity contribution >= 4 is 11.5 Å². The molecule has 0 spiro atoms. The van der Waals surface area contributed by atoms with Crippen LogP contribution in [0.1, 0.15) is 22.3 Å². The Hall–Kier alpha value is -2.33. The molecule has 0 saturated carbocycles. The number of hydrogen-bond donors (Lipinski definition) is 1. The Kier molecular flexibility index (Phi) is 3.88. The van der Waals surface area contributed by atoms with Crippen LogP contribution in [0.5, 0.6) is 5.75 Å². The summed E-state index contributed by atoms with van der Waals surface area (Å²) in [6, 6.07) is 15.1. The normalized spacial score (nSPS) is 17.2. The molecule has 2 aromatic carbocycles. The van der Waals surface area contributed by atoms with Crippen molar-refractivity contribution in [3.05, 3.63) is 59.7 Å². The third-order valence-corrected chi connectivity index (χ3v) is 3.64. The van der Waals surface area contributed by atoms with Crippen LogP contribution in [0.4, 0.5) is 5.69 Å². The molecule has 0 amide bonds. The van der Waals surface area contributed by atoms with E-state index in [2.05, 4.69) is 5.48 Å². The molecule has 0 bridgehead atoms. The summed E-state index contributed by atoms with van der Waals surface area (Å²) < 4.78 is 5.19. The number of nitrogens with one attached hydrogen (secondary N) is 1. The average Bonchev–Trinajstić information content (AvgIpc) is 2.55. The van der Waals surface area contributed by atoms with E-state index in [9.17, 15) is 4.79 Å². The first-order valence-electron chi connectivity index (χ1n) is 6.96. The van der Waals surface area contributed by atoms with Gasteiger partial charge < -0.3 is 4.74 Å². The molecular weight excluding hydrogens is 266 g/mol. The summed E-state index contributed by atoms with van der Waals surface area (Å²) in [5.41, 5.74) is 5.44. The molecule has 1 N–H and O–H groups in total. The molecule has 0 radical (unpaired) electrons. The number of methoxy groups -OCH3 is 1. The number of carbonyl (C=O) groups is 1. The van der Waals surface area contributed by atoms with Crippen LogP contribution in [0.3, 0.4) is 0 Å². The number of rotatable bonds is 4. The number of hydrogen-bond acceptors (Lipinski definition) is 4. The van der Waals surface area contributed by atoms with E-state index in [1.54, 1.807) is 7.11 Å². The Morgan fingerprint density at radius 1 is 1.14 bits per heavy atom. The van der Waals surface area contributed by atoms with Crippen molar-refractivity contribution in [1.29, 1.82) is 0 Å². The number of aryl methyl sites for hydroxylation is 1. The van der Waals surface area contributed by atoms with Gasteiger partial charge >= 0.3 is 0 Å². The van der Waals surface area contributed by atoms with E-state index in [1.165, 1.54) is 0 Å². The summed E-state index contributed by atoms with van der Waals surface area (Å²) >= 11 is 0. The standard InChI is InChI=1S/C17H17NO3/c1-20-14-8-9-15-12(11-14)7-10-16(17(15)19)21-18-13-5-3-2-4-6-13/h2-6,8-9,11,16,18H,7,10H2,1H3/t16-/m0/s1. The molecule has 0 unspecified atom stereocenters. The second kappa shape index (κ2) is 5.97. The van der Waals surface area contributed by atoms with Crippen molar-refractivity contribution in [2.75, 3.05) is 12.6 Å². The second-order valence-corrected chi connectivity index (χ2v) is 5.00. The van der Waals surface area contributed by atoms with Crippen molar-refractivity contribution in [1.82, 2.24) is 0 Å². The summed E-state index contributed by atoms with van der Waals surface area (Å²) in [6.07, 6.45) is 1.02. The zero-order valence-corrected chi connectivity index (χ0v) is 11.8. The molecule has 2 aromatic rings. The van der Waals surface area contributed by atoms with E-state index in [0.29, 0.717) is 6.42 Å². The van der Waals surface area contributed by atoms with E-state index >= 15 is 0 Å². The molecule has 0 heterocycles. The van der Waals surface area contributed by atoms with Crippen LogP contribution in [0.2, 0.25) is 0 Å². The molecule has 108 valence electrons. The van der Waals surface area contributed by atoms with E-state index in [1.807, 2.05) is 48.5 Å². The number of ether oxygens (including phenoxy) is 1. The smallest absolute Gasteiger partial charge is 0.194 e. The lowest BCUT2D eigenvalue weighted by Crippen LogP contribution is -2.32. The van der Waals surface area contributed by atoms with Gasteiger partial charge in [0.15, 0.2) is 5.78 Å². The van der Waals surface area contributed by atoms with Crippen molar-refractivity contribution in [3.63, 3.8) is 0 Å². The van der Waals surface area contributed by atoms with E-state index < -0.39 is 6.10 Å². The minimum atomic E-state index is -0.453. The zero-order valence-electron chi connectivity index (χ0n) is 11.8. The average molecular weight is 283 g/mol. The highest BCUT2D eigenvalue weighted by atomic mass is 16.7. The molecule has 0 aromatic heterocycles. The molecule has 1 atom stereocenters. The van der Waals surface area contributed by atoms with Gasteiger partial charge in [0.1, 0.15) is 11.9 Å². The van der Waals surface area contributed by atoms with Gasteiger partial charge in [-0.25, -0.2) is 0 Å². The van der Waals surface area contributed by atoms with Gasteiger partial charge in [-0.15, -0.1) is 0 Å². The minimum absolute atomic E-state index is 0.0161. The summed E-state index contributed by atoms with van der Waals surface area (Å²) in [5, 5.41) is 0. The SMILES string of the molecule is COc1ccc2c(c1)CC[C@H](ONc1ccccc1)C2=O. The molecule has 1 aliphatic carbocycles. The van der Waals surface area contributed by atoms with Crippen molar-refractivity contribution < 1.29 is 14.4 Å². The molecule has 4 heteroatoms. The molecule has 4 nitrogen and oxygen atoms in total. The topological polar surface area (TPSA) is 47.6 Å². The van der Waals surface area contributed by atoms with Crippen LogP contribution in [0.15, 0.2) is 48.5 Å². The number of ketones is 1. The summed E-state index contributed by atoms with van der Waals surface area (Å²) in [7, 11) is 1.63. The quantitative estimate of drug-likeness (QED) is 0.875. The summed E-state index contributed by atoms with van der Waals surface area (Å²) in [6.45, 7) is 0. The number of carbonyl (C=O) groups excluding carboxylic acids is 1. The molecule has 1 aliphatic rings. The number of fused-ring (bicyclic) bond motifs is 1. The summed E-state index contributed by atoms with van der Waals surface area (Å²) in [4.78, 5) is 18.0.